The number of rotatable bonds is 6. The van der Waals surface area contributed by atoms with E-state index in [1.165, 1.54) is 6.07 Å². The van der Waals surface area contributed by atoms with Gasteiger partial charge in [-0.05, 0) is 24.6 Å². The first-order valence-corrected chi connectivity index (χ1v) is 10.5. The summed E-state index contributed by atoms with van der Waals surface area (Å²) in [6.45, 7) is 8.68. The number of ether oxygens (including phenoxy) is 1. The average molecular weight is 307 g/mol. The smallest absolute Gasteiger partial charge is 0.313 e. The summed E-state index contributed by atoms with van der Waals surface area (Å²) in [5, 5.41) is 13.4. The molecule has 114 valence electrons. The molecule has 21 heavy (non-hydrogen) atoms. The molecule has 0 fully saturated rings. The summed E-state index contributed by atoms with van der Waals surface area (Å²) in [4.78, 5) is 14.7. The number of phenols is 1. The summed E-state index contributed by atoms with van der Waals surface area (Å²) >= 11 is 0. The predicted octanol–water partition coefficient (Wildman–Crippen LogP) is 4.32. The van der Waals surface area contributed by atoms with Gasteiger partial charge < -0.3 is 9.84 Å². The summed E-state index contributed by atoms with van der Waals surface area (Å²) in [6, 6.07) is 5.64. The van der Waals surface area contributed by atoms with Gasteiger partial charge in [0.05, 0.1) is 18.2 Å². The molecule has 0 aromatic heterocycles. The van der Waals surface area contributed by atoms with E-state index < -0.39 is 14.0 Å². The van der Waals surface area contributed by atoms with E-state index in [2.05, 4.69) is 29.7 Å². The number of carbonyl (C=O) groups excluding carboxylic acids is 1. The van der Waals surface area contributed by atoms with Gasteiger partial charge in [-0.2, -0.15) is 0 Å². The third-order valence-electron chi connectivity index (χ3n) is 3.11. The lowest BCUT2D eigenvalue weighted by Crippen LogP contribution is -2.23. The van der Waals surface area contributed by atoms with Crippen molar-refractivity contribution in [2.75, 3.05) is 6.61 Å². The molecule has 1 atom stereocenters. The lowest BCUT2D eigenvalue weighted by atomic mass is 9.99. The molecule has 0 spiro atoms. The van der Waals surface area contributed by atoms with E-state index in [1.54, 1.807) is 19.1 Å². The number of esters is 1. The molecule has 0 radical (unpaired) electrons. The van der Waals surface area contributed by atoms with E-state index in [9.17, 15) is 9.90 Å². The number of carbonyl (C=O) groups is 1. The Hall–Kier alpha value is -1.98. The zero-order valence-corrected chi connectivity index (χ0v) is 13.8. The van der Waals surface area contributed by atoms with Crippen LogP contribution in [-0.4, -0.2) is 25.8 Å². The molecule has 1 aromatic rings. The van der Waals surface area contributed by atoms with Crippen LogP contribution in [0.5, 0.6) is 5.75 Å². The third kappa shape index (κ3) is 5.13. The molecule has 0 aliphatic rings. The maximum atomic E-state index is 12.0. The van der Waals surface area contributed by atoms with E-state index in [0.717, 1.165) is 6.04 Å². The fourth-order valence-electron chi connectivity index (χ4n) is 1.74. The molecular weight excluding hydrogens is 286 g/mol. The Kier molecular flexibility index (Phi) is 5.81. The Morgan fingerprint density at radius 1 is 1.48 bits per heavy atom. The van der Waals surface area contributed by atoms with Crippen molar-refractivity contribution in [1.82, 2.24) is 0 Å². The Morgan fingerprint density at radius 3 is 2.71 bits per heavy atom. The lowest BCUT2D eigenvalue weighted by Gasteiger charge is -2.18. The van der Waals surface area contributed by atoms with Crippen molar-refractivity contribution in [1.29, 1.82) is 0 Å². The van der Waals surface area contributed by atoms with Gasteiger partial charge in [0.25, 0.3) is 0 Å². The molecule has 0 saturated carbocycles. The topological polar surface area (TPSA) is 95.3 Å². The summed E-state index contributed by atoms with van der Waals surface area (Å²) in [6.07, 6.45) is 0. The Bertz CT molecular complexity index is 563. The van der Waals surface area contributed by atoms with E-state index in [-0.39, 0.29) is 17.4 Å². The highest BCUT2D eigenvalue weighted by atomic mass is 28.3. The third-order valence-corrected chi connectivity index (χ3v) is 4.82. The van der Waals surface area contributed by atoms with Gasteiger partial charge in [0, 0.05) is 18.5 Å². The number of aromatic hydroxyl groups is 1. The molecule has 0 amide bonds. The largest absolute Gasteiger partial charge is 0.507 e. The van der Waals surface area contributed by atoms with Crippen LogP contribution in [0, 0.1) is 0 Å². The molecule has 0 aliphatic carbocycles. The van der Waals surface area contributed by atoms with Gasteiger partial charge in [0.15, 0.2) is 0 Å². The Labute approximate surface area is 125 Å². The summed E-state index contributed by atoms with van der Waals surface area (Å²) < 4.78 is 5.27. The molecule has 6 nitrogen and oxygen atoms in total. The second kappa shape index (κ2) is 7.15. The van der Waals surface area contributed by atoms with Crippen molar-refractivity contribution in [3.63, 3.8) is 0 Å². The molecule has 0 saturated heterocycles. The highest BCUT2D eigenvalue weighted by molar-refractivity contribution is 6.76. The highest BCUT2D eigenvalue weighted by Crippen LogP contribution is 2.35. The normalized spacial score (nSPS) is 12.4. The molecule has 0 bridgehead atoms. The van der Waals surface area contributed by atoms with Crippen LogP contribution < -0.4 is 0 Å². The number of phenolic OH excluding ortho intramolecular Hbond substituents is 1. The maximum absolute atomic E-state index is 12.0. The molecule has 1 aromatic carbocycles. The van der Waals surface area contributed by atoms with Crippen LogP contribution in [0.2, 0.25) is 25.7 Å². The number of para-hydroxylation sites is 1. The van der Waals surface area contributed by atoms with Crippen LogP contribution in [0.25, 0.3) is 10.4 Å². The Balaban J connectivity index is 2.79. The monoisotopic (exact) mass is 307 g/mol. The van der Waals surface area contributed by atoms with Crippen molar-refractivity contribution in [2.24, 2.45) is 5.11 Å². The van der Waals surface area contributed by atoms with Crippen LogP contribution >= 0.6 is 0 Å². The molecule has 1 N–H and O–H groups in total. The number of benzene rings is 1. The zero-order valence-electron chi connectivity index (χ0n) is 12.8. The van der Waals surface area contributed by atoms with Gasteiger partial charge >= 0.3 is 5.97 Å². The fraction of sp³-hybridized carbons (Fsp3) is 0.500. The Morgan fingerprint density at radius 2 is 2.14 bits per heavy atom. The minimum Gasteiger partial charge on any atom is -0.507 e. The zero-order chi connectivity index (χ0) is 16.0. The van der Waals surface area contributed by atoms with E-state index in [1.807, 2.05) is 0 Å². The average Bonchev–Trinajstić information content (AvgIpc) is 2.39. The van der Waals surface area contributed by atoms with Gasteiger partial charge in [0.2, 0.25) is 0 Å². The SMILES string of the molecule is CC(C(=O)OCC[Si](C)(C)C)c1cccc(N=[N+]=[N-])c1O. The molecular formula is C14H21N3O3Si. The fourth-order valence-corrected chi connectivity index (χ4v) is 2.45. The predicted molar refractivity (Wildman–Crippen MR) is 84.4 cm³/mol. The van der Waals surface area contributed by atoms with Gasteiger partial charge in [-0.15, -0.1) is 0 Å². The first-order chi connectivity index (χ1) is 9.76. The number of azide groups is 1. The van der Waals surface area contributed by atoms with Crippen molar-refractivity contribution in [3.05, 3.63) is 34.2 Å². The molecule has 7 heteroatoms. The van der Waals surface area contributed by atoms with Crippen LogP contribution in [-0.2, 0) is 9.53 Å². The minimum absolute atomic E-state index is 0.108. The van der Waals surface area contributed by atoms with Gasteiger partial charge in [-0.25, -0.2) is 0 Å². The first kappa shape index (κ1) is 17.1. The second-order valence-corrected chi connectivity index (χ2v) is 11.7. The van der Waals surface area contributed by atoms with Gasteiger partial charge in [-0.3, -0.25) is 4.79 Å². The second-order valence-electron chi connectivity index (χ2n) is 6.10. The summed E-state index contributed by atoms with van der Waals surface area (Å²) in [5.41, 5.74) is 8.94. The number of hydrogen-bond acceptors (Lipinski definition) is 4. The van der Waals surface area contributed by atoms with E-state index in [0.29, 0.717) is 12.2 Å². The molecule has 0 heterocycles. The standard InChI is InChI=1S/C14H21N3O3Si/c1-10(14(19)20-8-9-21(2,3)4)11-6-5-7-12(13(11)18)16-17-15/h5-7,10,18H,8-9H2,1-4H3. The lowest BCUT2D eigenvalue weighted by molar-refractivity contribution is -0.144. The quantitative estimate of drug-likeness (QED) is 0.279. The first-order valence-electron chi connectivity index (χ1n) is 6.80. The number of hydrogen-bond donors (Lipinski definition) is 1. The number of nitrogens with zero attached hydrogens (tertiary/aromatic N) is 3. The summed E-state index contributed by atoms with van der Waals surface area (Å²) in [5.74, 6) is -1.17. The van der Waals surface area contributed by atoms with Gasteiger partial charge in [0.1, 0.15) is 5.75 Å². The van der Waals surface area contributed by atoms with E-state index in [4.69, 9.17) is 10.3 Å². The van der Waals surface area contributed by atoms with Crippen LogP contribution in [0.15, 0.2) is 23.3 Å². The molecule has 1 rings (SSSR count). The maximum Gasteiger partial charge on any atom is 0.313 e. The van der Waals surface area contributed by atoms with Crippen molar-refractivity contribution in [3.8, 4) is 5.75 Å². The van der Waals surface area contributed by atoms with Crippen LogP contribution in [0.1, 0.15) is 18.4 Å². The van der Waals surface area contributed by atoms with E-state index >= 15 is 0 Å². The summed E-state index contributed by atoms with van der Waals surface area (Å²) in [7, 11) is -1.25. The molecule has 1 unspecified atom stereocenters. The van der Waals surface area contributed by atoms with Crippen molar-refractivity contribution in [2.45, 2.75) is 38.5 Å². The van der Waals surface area contributed by atoms with Crippen molar-refractivity contribution < 1.29 is 14.6 Å². The van der Waals surface area contributed by atoms with Crippen LogP contribution in [0.3, 0.4) is 0 Å². The highest BCUT2D eigenvalue weighted by Gasteiger charge is 2.22. The minimum atomic E-state index is -1.25. The van der Waals surface area contributed by atoms with Crippen LogP contribution in [0.4, 0.5) is 5.69 Å². The molecule has 0 aliphatic heterocycles. The van der Waals surface area contributed by atoms with Crippen molar-refractivity contribution >= 4 is 19.7 Å². The van der Waals surface area contributed by atoms with Gasteiger partial charge in [-0.1, -0.05) is 36.9 Å².